The molecule has 2 N–H and O–H groups in total. The van der Waals surface area contributed by atoms with Gasteiger partial charge >= 0.3 is 0 Å². The molecule has 3 nitrogen and oxygen atoms in total. The highest BCUT2D eigenvalue weighted by Gasteiger charge is 1.92. The number of hydrogen-bond donors (Lipinski definition) is 2. The second-order valence-electron chi connectivity index (χ2n) is 2.23. The second kappa shape index (κ2) is 4.33. The molecule has 1 aromatic rings. The largest absolute Gasteiger partial charge is 0.343 e. The molecule has 1 aromatic heterocycles. The molecule has 0 radical (unpaired) electrons. The summed E-state index contributed by atoms with van der Waals surface area (Å²) in [6, 6.07) is 0. The number of aromatic amines is 1. The van der Waals surface area contributed by atoms with E-state index in [2.05, 4.69) is 9.97 Å². The molecule has 0 atom stereocenters. The van der Waals surface area contributed by atoms with E-state index in [0.717, 1.165) is 22.5 Å². The third-order valence-corrected chi connectivity index (χ3v) is 2.00. The van der Waals surface area contributed by atoms with Gasteiger partial charge in [-0.15, -0.1) is 0 Å². The highest BCUT2D eigenvalue weighted by atomic mass is 35.7. The van der Waals surface area contributed by atoms with E-state index in [9.17, 15) is 0 Å². The van der Waals surface area contributed by atoms with E-state index in [1.165, 1.54) is 0 Å². The van der Waals surface area contributed by atoms with Crippen molar-refractivity contribution in [3.05, 3.63) is 23.8 Å². The Morgan fingerprint density at radius 1 is 1.83 bits per heavy atom. The van der Waals surface area contributed by atoms with Gasteiger partial charge in [0.25, 0.3) is 0 Å². The van der Waals surface area contributed by atoms with E-state index in [1.54, 1.807) is 18.3 Å². The minimum Gasteiger partial charge on any atom is -0.343 e. The minimum absolute atomic E-state index is 0.297. The molecular weight excluding hydrogens is 194 g/mol. The summed E-state index contributed by atoms with van der Waals surface area (Å²) in [6.45, 7) is 1.92. The summed E-state index contributed by atoms with van der Waals surface area (Å²) in [4.78, 5) is 7.04. The van der Waals surface area contributed by atoms with E-state index in [0.29, 0.717) is 5.04 Å². The Morgan fingerprint density at radius 2 is 2.58 bits per heavy atom. The van der Waals surface area contributed by atoms with Gasteiger partial charge in [-0.3, -0.25) is 5.41 Å². The second-order valence-corrected chi connectivity index (χ2v) is 3.28. The van der Waals surface area contributed by atoms with E-state index < -0.39 is 0 Å². The Bertz CT molecular complexity index is 305. The van der Waals surface area contributed by atoms with Crippen LogP contribution < -0.4 is 0 Å². The van der Waals surface area contributed by atoms with Crippen LogP contribution in [0.1, 0.15) is 11.5 Å². The zero-order valence-electron chi connectivity index (χ0n) is 6.47. The monoisotopic (exact) mass is 201 g/mol. The van der Waals surface area contributed by atoms with Gasteiger partial charge in [-0.05, 0) is 29.8 Å². The summed E-state index contributed by atoms with van der Waals surface area (Å²) in [5.41, 5.74) is 1.000. The Morgan fingerprint density at radius 3 is 3.08 bits per heavy atom. The van der Waals surface area contributed by atoms with Gasteiger partial charge < -0.3 is 4.98 Å². The number of aromatic nitrogens is 2. The molecule has 0 saturated carbocycles. The number of halogens is 1. The molecule has 0 aliphatic heterocycles. The number of H-pyrrole nitrogens is 1. The fourth-order valence-corrected chi connectivity index (χ4v) is 0.972. The Hall–Kier alpha value is -0.740. The Kier molecular flexibility index (Phi) is 3.37. The summed E-state index contributed by atoms with van der Waals surface area (Å²) in [5, 5.41) is 7.49. The predicted molar refractivity (Wildman–Crippen MR) is 53.5 cm³/mol. The molecule has 0 amide bonds. The Balaban J connectivity index is 2.63. The van der Waals surface area contributed by atoms with Gasteiger partial charge in [0.2, 0.25) is 0 Å². The molecule has 0 fully saturated rings. The summed E-state index contributed by atoms with van der Waals surface area (Å²) in [6.07, 6.45) is 5.04. The summed E-state index contributed by atoms with van der Waals surface area (Å²) < 4.78 is 0. The van der Waals surface area contributed by atoms with Crippen molar-refractivity contribution in [3.63, 3.8) is 0 Å². The fraction of sp³-hybridized carbons (Fsp3) is 0.143. The summed E-state index contributed by atoms with van der Waals surface area (Å²) in [5.74, 6) is 0.739. The smallest absolute Gasteiger partial charge is 0.130 e. The lowest BCUT2D eigenvalue weighted by Crippen LogP contribution is -1.79. The maximum atomic E-state index is 7.20. The number of nitrogens with one attached hydrogen (secondary N) is 2. The van der Waals surface area contributed by atoms with Crippen molar-refractivity contribution in [2.75, 3.05) is 0 Å². The van der Waals surface area contributed by atoms with Crippen LogP contribution in [0.2, 0.25) is 0 Å². The van der Waals surface area contributed by atoms with Gasteiger partial charge in [-0.25, -0.2) is 4.98 Å². The average molecular weight is 202 g/mol. The normalized spacial score (nSPS) is 10.8. The standard InChI is InChI=1S/C7H8ClN3S/c1-5-4-10-7(11-5)3-2-6(9)12-8/h2-4,9H,1H3,(H,10,11)/b3-2-,9-6?. The SMILES string of the molecule is Cc1cnc(/C=C\C(=N)SCl)[nH]1. The third-order valence-electron chi connectivity index (χ3n) is 1.20. The average Bonchev–Trinajstić information content (AvgIpc) is 2.47. The van der Waals surface area contributed by atoms with Gasteiger partial charge in [0.05, 0.1) is 0 Å². The van der Waals surface area contributed by atoms with Crippen LogP contribution >= 0.6 is 21.7 Å². The van der Waals surface area contributed by atoms with Crippen molar-refractivity contribution in [3.8, 4) is 0 Å². The quantitative estimate of drug-likeness (QED) is 0.571. The molecule has 0 saturated heterocycles. The molecule has 1 rings (SSSR count). The molecular formula is C7H8ClN3S. The number of nitrogens with zero attached hydrogens (tertiary/aromatic N) is 1. The topological polar surface area (TPSA) is 52.5 Å². The van der Waals surface area contributed by atoms with Crippen molar-refractivity contribution in [2.24, 2.45) is 0 Å². The van der Waals surface area contributed by atoms with Gasteiger partial charge in [-0.1, -0.05) is 0 Å². The lowest BCUT2D eigenvalue weighted by Gasteiger charge is -1.85. The van der Waals surface area contributed by atoms with E-state index in [-0.39, 0.29) is 0 Å². The van der Waals surface area contributed by atoms with Crippen LogP contribution in [0.4, 0.5) is 0 Å². The molecule has 64 valence electrons. The van der Waals surface area contributed by atoms with Gasteiger partial charge in [0.1, 0.15) is 10.9 Å². The number of rotatable bonds is 2. The molecule has 0 aromatic carbocycles. The van der Waals surface area contributed by atoms with Gasteiger partial charge in [0.15, 0.2) is 0 Å². The zero-order valence-corrected chi connectivity index (χ0v) is 8.04. The lowest BCUT2D eigenvalue weighted by molar-refractivity contribution is 1.22. The van der Waals surface area contributed by atoms with Gasteiger partial charge in [-0.2, -0.15) is 0 Å². The van der Waals surface area contributed by atoms with Crippen LogP contribution in [0.15, 0.2) is 12.3 Å². The van der Waals surface area contributed by atoms with Gasteiger partial charge in [0, 0.05) is 22.9 Å². The van der Waals surface area contributed by atoms with Crippen LogP contribution in [-0.2, 0) is 0 Å². The Labute approximate surface area is 79.2 Å². The van der Waals surface area contributed by atoms with Crippen LogP contribution in [0.5, 0.6) is 0 Å². The summed E-state index contributed by atoms with van der Waals surface area (Å²) in [7, 11) is 6.21. The zero-order chi connectivity index (χ0) is 8.97. The maximum absolute atomic E-state index is 7.20. The first kappa shape index (κ1) is 9.35. The molecule has 0 aliphatic rings. The van der Waals surface area contributed by atoms with Crippen molar-refractivity contribution in [1.29, 1.82) is 5.41 Å². The molecule has 1 heterocycles. The highest BCUT2D eigenvalue weighted by Crippen LogP contribution is 2.09. The van der Waals surface area contributed by atoms with E-state index >= 15 is 0 Å². The summed E-state index contributed by atoms with van der Waals surface area (Å²) >= 11 is 0. The fourth-order valence-electron chi connectivity index (χ4n) is 0.698. The van der Waals surface area contributed by atoms with Crippen molar-refractivity contribution in [1.82, 2.24) is 9.97 Å². The van der Waals surface area contributed by atoms with Crippen molar-refractivity contribution >= 4 is 32.8 Å². The van der Waals surface area contributed by atoms with Crippen molar-refractivity contribution in [2.45, 2.75) is 6.92 Å². The van der Waals surface area contributed by atoms with Crippen LogP contribution in [0.3, 0.4) is 0 Å². The minimum atomic E-state index is 0.297. The highest BCUT2D eigenvalue weighted by molar-refractivity contribution is 8.33. The van der Waals surface area contributed by atoms with Crippen LogP contribution in [0, 0.1) is 12.3 Å². The molecule has 12 heavy (non-hydrogen) atoms. The molecule has 0 bridgehead atoms. The first-order chi connectivity index (χ1) is 5.72. The van der Waals surface area contributed by atoms with Crippen LogP contribution in [0.25, 0.3) is 6.08 Å². The van der Waals surface area contributed by atoms with E-state index in [1.807, 2.05) is 6.92 Å². The molecule has 0 unspecified atom stereocenters. The molecule has 5 heteroatoms. The number of imidazole rings is 1. The predicted octanol–water partition coefficient (Wildman–Crippen LogP) is 2.60. The number of aryl methyl sites for hydroxylation is 1. The number of hydrogen-bond acceptors (Lipinski definition) is 3. The van der Waals surface area contributed by atoms with Crippen molar-refractivity contribution < 1.29 is 0 Å². The molecule has 0 spiro atoms. The molecule has 0 aliphatic carbocycles. The lowest BCUT2D eigenvalue weighted by atomic mass is 10.5. The maximum Gasteiger partial charge on any atom is 0.130 e. The first-order valence-corrected chi connectivity index (χ1v) is 4.93. The van der Waals surface area contributed by atoms with E-state index in [4.69, 9.17) is 16.1 Å². The third kappa shape index (κ3) is 2.71. The van der Waals surface area contributed by atoms with Crippen LogP contribution in [-0.4, -0.2) is 15.0 Å². The first-order valence-electron chi connectivity index (χ1n) is 3.29.